The molecule has 0 aliphatic carbocycles. The summed E-state index contributed by atoms with van der Waals surface area (Å²) >= 11 is 4.63. The van der Waals surface area contributed by atoms with E-state index in [-0.39, 0.29) is 18.2 Å². The summed E-state index contributed by atoms with van der Waals surface area (Å²) in [4.78, 5) is 0. The highest BCUT2D eigenvalue weighted by atomic mass is 79.9. The van der Waals surface area contributed by atoms with Crippen LogP contribution >= 0.6 is 39.7 Å². The molecule has 0 aliphatic heterocycles. The fraction of sp³-hybridized carbons (Fsp3) is 0.167. The third-order valence-corrected chi connectivity index (χ3v) is 3.55. The zero-order chi connectivity index (χ0) is 14.0. The van der Waals surface area contributed by atoms with Gasteiger partial charge in [-0.05, 0) is 46.2 Å². The summed E-state index contributed by atoms with van der Waals surface area (Å²) in [5.41, 5.74) is 7.41. The number of rotatable bonds is 3. The standard InChI is InChI=1S/C12H9BrF3NOS.ClH/c13-9-3-8(11(17)7-1-2-19-6-7)4-10(5-9)18-12(14,15)16;/h1-6,11H,17H2;1H/t11-;/m1./s1. The quantitative estimate of drug-likeness (QED) is 0.813. The largest absolute Gasteiger partial charge is 0.573 e. The topological polar surface area (TPSA) is 35.2 Å². The van der Waals surface area contributed by atoms with E-state index in [4.69, 9.17) is 5.73 Å². The number of ether oxygens (including phenoxy) is 1. The van der Waals surface area contributed by atoms with Crippen LogP contribution in [0, 0.1) is 0 Å². The Morgan fingerprint density at radius 2 is 1.90 bits per heavy atom. The van der Waals surface area contributed by atoms with Gasteiger partial charge in [0.05, 0.1) is 6.04 Å². The number of hydrogen-bond donors (Lipinski definition) is 1. The van der Waals surface area contributed by atoms with Crippen LogP contribution in [0.1, 0.15) is 17.2 Å². The Kier molecular flexibility index (Phi) is 5.88. The van der Waals surface area contributed by atoms with Crippen LogP contribution in [0.5, 0.6) is 5.75 Å². The molecule has 0 aliphatic rings. The molecule has 0 radical (unpaired) electrons. The highest BCUT2D eigenvalue weighted by molar-refractivity contribution is 9.10. The molecule has 2 rings (SSSR count). The van der Waals surface area contributed by atoms with Crippen molar-refractivity contribution in [1.82, 2.24) is 0 Å². The van der Waals surface area contributed by atoms with Gasteiger partial charge in [-0.25, -0.2) is 0 Å². The maximum atomic E-state index is 12.2. The number of hydrogen-bond acceptors (Lipinski definition) is 3. The molecular formula is C12H10BrClF3NOS. The Bertz CT molecular complexity index is 562. The number of halogens is 5. The smallest absolute Gasteiger partial charge is 0.406 e. The van der Waals surface area contributed by atoms with Gasteiger partial charge in [-0.15, -0.1) is 25.6 Å². The van der Waals surface area contributed by atoms with Crippen LogP contribution in [0.3, 0.4) is 0 Å². The molecule has 0 saturated carbocycles. The maximum absolute atomic E-state index is 12.2. The molecule has 1 atom stereocenters. The van der Waals surface area contributed by atoms with Gasteiger partial charge in [0.25, 0.3) is 0 Å². The van der Waals surface area contributed by atoms with Crippen LogP contribution < -0.4 is 10.5 Å². The van der Waals surface area contributed by atoms with Crippen molar-refractivity contribution in [3.05, 3.63) is 50.6 Å². The molecule has 1 heterocycles. The molecule has 20 heavy (non-hydrogen) atoms. The van der Waals surface area contributed by atoms with Crippen molar-refractivity contribution in [2.24, 2.45) is 5.73 Å². The van der Waals surface area contributed by atoms with Crippen LogP contribution in [0.15, 0.2) is 39.5 Å². The van der Waals surface area contributed by atoms with Gasteiger partial charge < -0.3 is 10.5 Å². The molecule has 0 unspecified atom stereocenters. The zero-order valence-corrected chi connectivity index (χ0v) is 13.1. The van der Waals surface area contributed by atoms with Gasteiger partial charge in [0.2, 0.25) is 0 Å². The Morgan fingerprint density at radius 1 is 1.20 bits per heavy atom. The van der Waals surface area contributed by atoms with Crippen LogP contribution in [0.4, 0.5) is 13.2 Å². The van der Waals surface area contributed by atoms with E-state index in [2.05, 4.69) is 20.7 Å². The van der Waals surface area contributed by atoms with Crippen molar-refractivity contribution in [3.63, 3.8) is 0 Å². The maximum Gasteiger partial charge on any atom is 0.573 e. The lowest BCUT2D eigenvalue weighted by Gasteiger charge is -2.14. The van der Waals surface area contributed by atoms with E-state index < -0.39 is 12.4 Å². The summed E-state index contributed by atoms with van der Waals surface area (Å²) < 4.78 is 41.0. The molecule has 0 fully saturated rings. The Hall–Kier alpha value is -0.760. The Labute approximate surface area is 132 Å². The van der Waals surface area contributed by atoms with Gasteiger partial charge in [-0.3, -0.25) is 0 Å². The molecule has 2 nitrogen and oxygen atoms in total. The minimum atomic E-state index is -4.72. The predicted molar refractivity (Wildman–Crippen MR) is 78.4 cm³/mol. The second kappa shape index (κ2) is 6.80. The van der Waals surface area contributed by atoms with E-state index in [0.717, 1.165) is 5.56 Å². The van der Waals surface area contributed by atoms with Crippen molar-refractivity contribution in [2.75, 3.05) is 0 Å². The minimum absolute atomic E-state index is 0. The lowest BCUT2D eigenvalue weighted by molar-refractivity contribution is -0.274. The van der Waals surface area contributed by atoms with Crippen molar-refractivity contribution in [1.29, 1.82) is 0 Å². The molecule has 110 valence electrons. The van der Waals surface area contributed by atoms with Crippen molar-refractivity contribution < 1.29 is 17.9 Å². The first kappa shape index (κ1) is 17.3. The summed E-state index contributed by atoms with van der Waals surface area (Å²) in [6.45, 7) is 0. The van der Waals surface area contributed by atoms with Crippen LogP contribution in [0.25, 0.3) is 0 Å². The van der Waals surface area contributed by atoms with Gasteiger partial charge in [0.1, 0.15) is 5.75 Å². The highest BCUT2D eigenvalue weighted by Gasteiger charge is 2.31. The van der Waals surface area contributed by atoms with Gasteiger partial charge in [-0.2, -0.15) is 11.3 Å². The molecule has 2 N–H and O–H groups in total. The van der Waals surface area contributed by atoms with Gasteiger partial charge in [0, 0.05) is 4.47 Å². The molecule has 1 aromatic heterocycles. The summed E-state index contributed by atoms with van der Waals surface area (Å²) in [7, 11) is 0. The first-order valence-electron chi connectivity index (χ1n) is 5.19. The van der Waals surface area contributed by atoms with Crippen molar-refractivity contribution in [2.45, 2.75) is 12.4 Å². The monoisotopic (exact) mass is 387 g/mol. The zero-order valence-electron chi connectivity index (χ0n) is 9.86. The van der Waals surface area contributed by atoms with E-state index in [9.17, 15) is 13.2 Å². The summed E-state index contributed by atoms with van der Waals surface area (Å²) in [5, 5.41) is 3.72. The molecule has 1 aromatic carbocycles. The van der Waals surface area contributed by atoms with E-state index in [1.165, 1.54) is 23.5 Å². The highest BCUT2D eigenvalue weighted by Crippen LogP contribution is 2.31. The van der Waals surface area contributed by atoms with Gasteiger partial charge in [-0.1, -0.05) is 15.9 Å². The third kappa shape index (κ3) is 4.66. The van der Waals surface area contributed by atoms with Gasteiger partial charge >= 0.3 is 6.36 Å². The van der Waals surface area contributed by atoms with E-state index >= 15 is 0 Å². The molecule has 0 saturated heterocycles. The minimum Gasteiger partial charge on any atom is -0.406 e. The summed E-state index contributed by atoms with van der Waals surface area (Å²) in [6.07, 6.45) is -4.72. The first-order valence-corrected chi connectivity index (χ1v) is 6.92. The summed E-state index contributed by atoms with van der Waals surface area (Å²) in [5.74, 6) is -0.289. The lowest BCUT2D eigenvalue weighted by Crippen LogP contribution is -2.18. The second-order valence-corrected chi connectivity index (χ2v) is 5.50. The van der Waals surface area contributed by atoms with Crippen molar-refractivity contribution >= 4 is 39.7 Å². The molecule has 0 bridgehead atoms. The number of thiophene rings is 1. The average molecular weight is 389 g/mol. The number of alkyl halides is 3. The van der Waals surface area contributed by atoms with E-state index in [1.54, 1.807) is 6.07 Å². The molecule has 0 spiro atoms. The number of benzene rings is 1. The molecular weight excluding hydrogens is 379 g/mol. The predicted octanol–water partition coefficient (Wildman–Crippen LogP) is 4.88. The lowest BCUT2D eigenvalue weighted by atomic mass is 10.0. The Balaban J connectivity index is 0.00000200. The van der Waals surface area contributed by atoms with Crippen molar-refractivity contribution in [3.8, 4) is 5.75 Å². The fourth-order valence-corrected chi connectivity index (χ4v) is 2.79. The molecule has 0 amide bonds. The fourth-order valence-electron chi connectivity index (χ4n) is 1.60. The van der Waals surface area contributed by atoms with E-state index in [0.29, 0.717) is 10.0 Å². The Morgan fingerprint density at radius 3 is 2.45 bits per heavy atom. The van der Waals surface area contributed by atoms with Crippen LogP contribution in [-0.4, -0.2) is 6.36 Å². The van der Waals surface area contributed by atoms with Crippen LogP contribution in [0.2, 0.25) is 0 Å². The van der Waals surface area contributed by atoms with E-state index in [1.807, 2.05) is 16.8 Å². The van der Waals surface area contributed by atoms with Gasteiger partial charge in [0.15, 0.2) is 0 Å². The van der Waals surface area contributed by atoms with Crippen LogP contribution in [-0.2, 0) is 0 Å². The molecule has 8 heteroatoms. The summed E-state index contributed by atoms with van der Waals surface area (Å²) in [6, 6.07) is 5.56. The normalized spacial score (nSPS) is 12.7. The first-order chi connectivity index (χ1) is 8.85. The number of nitrogens with two attached hydrogens (primary N) is 1. The second-order valence-electron chi connectivity index (χ2n) is 3.80. The average Bonchev–Trinajstić information content (AvgIpc) is 2.77. The third-order valence-electron chi connectivity index (χ3n) is 2.39. The molecule has 2 aromatic rings. The SMILES string of the molecule is Cl.N[C@H](c1ccsc1)c1cc(Br)cc(OC(F)(F)F)c1.